The molecule has 0 spiro atoms. The Labute approximate surface area is 60.5 Å². The van der Waals surface area contributed by atoms with Gasteiger partial charge >= 0.3 is 0 Å². The van der Waals surface area contributed by atoms with Gasteiger partial charge in [0.2, 0.25) is 0 Å². The van der Waals surface area contributed by atoms with E-state index in [9.17, 15) is 0 Å². The molecule has 0 aromatic carbocycles. The van der Waals surface area contributed by atoms with Crippen LogP contribution in [-0.2, 0) is 0 Å². The predicted molar refractivity (Wildman–Crippen MR) is 43.2 cm³/mol. The van der Waals surface area contributed by atoms with Crippen LogP contribution in [0.5, 0.6) is 0 Å². The predicted octanol–water partition coefficient (Wildman–Crippen LogP) is 1.74. The molecule has 0 saturated carbocycles. The van der Waals surface area contributed by atoms with Crippen LogP contribution in [0.2, 0.25) is 0 Å². The number of aliphatic imine (C=N–C) groups is 1. The van der Waals surface area contributed by atoms with Gasteiger partial charge in [-0.3, -0.25) is 4.99 Å². The fourth-order valence-electron chi connectivity index (χ4n) is 1.27. The van der Waals surface area contributed by atoms with Crippen LogP contribution in [0.1, 0.15) is 0 Å². The quantitative estimate of drug-likeness (QED) is 0.475. The summed E-state index contributed by atoms with van der Waals surface area (Å²) in [5, 5.41) is 0. The Hall–Kier alpha value is -1.11. The standard InChI is InChI=1S/C9H9N/c1-2-6-9-8(4-1)5-3-7-10-9/h1-9H/t8-,9?/m1/s1. The summed E-state index contributed by atoms with van der Waals surface area (Å²) in [4.78, 5) is 4.30. The Kier molecular flexibility index (Phi) is 1.28. The van der Waals surface area contributed by atoms with Crippen molar-refractivity contribution in [2.24, 2.45) is 10.9 Å². The minimum Gasteiger partial charge on any atom is -0.285 e. The van der Waals surface area contributed by atoms with Crippen LogP contribution in [0, 0.1) is 5.92 Å². The van der Waals surface area contributed by atoms with Gasteiger partial charge in [-0.2, -0.15) is 0 Å². The maximum Gasteiger partial charge on any atom is 0.0780 e. The van der Waals surface area contributed by atoms with Crippen molar-refractivity contribution in [2.45, 2.75) is 6.04 Å². The molecule has 1 aliphatic carbocycles. The Morgan fingerprint density at radius 1 is 0.900 bits per heavy atom. The molecule has 0 aromatic rings. The third kappa shape index (κ3) is 0.838. The van der Waals surface area contributed by atoms with Gasteiger partial charge in [-0.1, -0.05) is 30.4 Å². The SMILES string of the molecule is C1=CC2N=CC=C[C@H]2C=C1. The van der Waals surface area contributed by atoms with E-state index in [4.69, 9.17) is 0 Å². The zero-order valence-electron chi connectivity index (χ0n) is 5.64. The van der Waals surface area contributed by atoms with Crippen molar-refractivity contribution in [1.82, 2.24) is 0 Å². The third-order valence-corrected chi connectivity index (χ3v) is 1.82. The van der Waals surface area contributed by atoms with Crippen LogP contribution in [-0.4, -0.2) is 12.3 Å². The first-order valence-electron chi connectivity index (χ1n) is 3.52. The number of hydrogen-bond acceptors (Lipinski definition) is 1. The average molecular weight is 131 g/mol. The minimum atomic E-state index is 0.370. The van der Waals surface area contributed by atoms with Gasteiger partial charge in [0, 0.05) is 12.1 Å². The summed E-state index contributed by atoms with van der Waals surface area (Å²) in [6, 6.07) is 0.370. The van der Waals surface area contributed by atoms with Gasteiger partial charge in [0.15, 0.2) is 0 Å². The van der Waals surface area contributed by atoms with Gasteiger partial charge in [-0.15, -0.1) is 0 Å². The first-order valence-corrected chi connectivity index (χ1v) is 3.52. The first kappa shape index (κ1) is 5.66. The van der Waals surface area contributed by atoms with Crippen molar-refractivity contribution in [3.8, 4) is 0 Å². The van der Waals surface area contributed by atoms with Crippen LogP contribution < -0.4 is 0 Å². The highest BCUT2D eigenvalue weighted by atomic mass is 14.8. The highest BCUT2D eigenvalue weighted by molar-refractivity contribution is 5.73. The Morgan fingerprint density at radius 2 is 1.70 bits per heavy atom. The fraction of sp³-hybridized carbons (Fsp3) is 0.222. The lowest BCUT2D eigenvalue weighted by molar-refractivity contribution is 0.683. The van der Waals surface area contributed by atoms with E-state index in [0.29, 0.717) is 12.0 Å². The molecule has 0 saturated heterocycles. The molecule has 0 bridgehead atoms. The lowest BCUT2D eigenvalue weighted by Gasteiger charge is -2.18. The van der Waals surface area contributed by atoms with Crippen molar-refractivity contribution in [3.63, 3.8) is 0 Å². The number of dihydropyridines is 1. The lowest BCUT2D eigenvalue weighted by atomic mass is 9.94. The highest BCUT2D eigenvalue weighted by Gasteiger charge is 2.14. The van der Waals surface area contributed by atoms with Crippen LogP contribution in [0.3, 0.4) is 0 Å². The number of allylic oxidation sites excluding steroid dienone is 3. The summed E-state index contributed by atoms with van der Waals surface area (Å²) in [6.45, 7) is 0. The first-order chi connectivity index (χ1) is 4.97. The Balaban J connectivity index is 2.28. The summed E-state index contributed by atoms with van der Waals surface area (Å²) in [5.41, 5.74) is 0. The molecule has 1 heteroatoms. The fourth-order valence-corrected chi connectivity index (χ4v) is 1.27. The molecular weight excluding hydrogens is 122 g/mol. The van der Waals surface area contributed by atoms with Crippen molar-refractivity contribution in [1.29, 1.82) is 0 Å². The molecule has 0 fully saturated rings. The number of nitrogens with zero attached hydrogens (tertiary/aromatic N) is 1. The van der Waals surface area contributed by atoms with E-state index in [1.807, 2.05) is 12.3 Å². The molecule has 0 amide bonds. The van der Waals surface area contributed by atoms with E-state index < -0.39 is 0 Å². The van der Waals surface area contributed by atoms with E-state index in [1.54, 1.807) is 0 Å². The maximum absolute atomic E-state index is 4.30. The number of hydrogen-bond donors (Lipinski definition) is 0. The summed E-state index contributed by atoms with van der Waals surface area (Å²) >= 11 is 0. The van der Waals surface area contributed by atoms with E-state index >= 15 is 0 Å². The largest absolute Gasteiger partial charge is 0.285 e. The van der Waals surface area contributed by atoms with Gasteiger partial charge in [0.25, 0.3) is 0 Å². The third-order valence-electron chi connectivity index (χ3n) is 1.82. The molecule has 0 aromatic heterocycles. The second-order valence-corrected chi connectivity index (χ2v) is 2.52. The van der Waals surface area contributed by atoms with Gasteiger partial charge < -0.3 is 0 Å². The van der Waals surface area contributed by atoms with Crippen molar-refractivity contribution in [2.75, 3.05) is 0 Å². The lowest BCUT2D eigenvalue weighted by Crippen LogP contribution is -2.16. The Morgan fingerprint density at radius 3 is 2.60 bits per heavy atom. The molecule has 2 atom stereocenters. The van der Waals surface area contributed by atoms with E-state index in [2.05, 4.69) is 35.4 Å². The average Bonchev–Trinajstić information content (AvgIpc) is 2.05. The highest BCUT2D eigenvalue weighted by Crippen LogP contribution is 2.18. The minimum absolute atomic E-state index is 0.370. The van der Waals surface area contributed by atoms with Crippen LogP contribution in [0.4, 0.5) is 0 Å². The second-order valence-electron chi connectivity index (χ2n) is 2.52. The second kappa shape index (κ2) is 2.25. The number of fused-ring (bicyclic) bond motifs is 1. The molecule has 1 heterocycles. The Bertz CT molecular complexity index is 183. The van der Waals surface area contributed by atoms with Crippen molar-refractivity contribution in [3.05, 3.63) is 36.5 Å². The molecule has 0 N–H and O–H groups in total. The van der Waals surface area contributed by atoms with Crippen LogP contribution in [0.15, 0.2) is 41.4 Å². The zero-order chi connectivity index (χ0) is 6.81. The summed E-state index contributed by atoms with van der Waals surface area (Å²) in [6.07, 6.45) is 14.5. The van der Waals surface area contributed by atoms with Gasteiger partial charge in [-0.05, 0) is 6.08 Å². The maximum atomic E-state index is 4.30. The molecule has 50 valence electrons. The van der Waals surface area contributed by atoms with E-state index in [0.717, 1.165) is 0 Å². The monoisotopic (exact) mass is 131 g/mol. The van der Waals surface area contributed by atoms with Crippen molar-refractivity contribution >= 4 is 6.21 Å². The molecule has 2 rings (SSSR count). The smallest absolute Gasteiger partial charge is 0.0780 e. The molecule has 0 radical (unpaired) electrons. The normalized spacial score (nSPS) is 34.4. The zero-order valence-corrected chi connectivity index (χ0v) is 5.64. The van der Waals surface area contributed by atoms with Gasteiger partial charge in [0.1, 0.15) is 0 Å². The topological polar surface area (TPSA) is 12.4 Å². The molecule has 1 unspecified atom stereocenters. The van der Waals surface area contributed by atoms with E-state index in [1.165, 1.54) is 0 Å². The molecular formula is C9H9N. The van der Waals surface area contributed by atoms with Crippen LogP contribution in [0.25, 0.3) is 0 Å². The molecule has 10 heavy (non-hydrogen) atoms. The summed E-state index contributed by atoms with van der Waals surface area (Å²) in [7, 11) is 0. The summed E-state index contributed by atoms with van der Waals surface area (Å²) < 4.78 is 0. The van der Waals surface area contributed by atoms with Gasteiger partial charge in [0.05, 0.1) is 6.04 Å². The van der Waals surface area contributed by atoms with Crippen molar-refractivity contribution < 1.29 is 0 Å². The molecule has 1 nitrogen and oxygen atoms in total. The van der Waals surface area contributed by atoms with E-state index in [-0.39, 0.29) is 0 Å². The molecule has 2 aliphatic rings. The number of rotatable bonds is 0. The summed E-state index contributed by atoms with van der Waals surface area (Å²) in [5.74, 6) is 0.509. The van der Waals surface area contributed by atoms with Gasteiger partial charge in [-0.25, -0.2) is 0 Å². The molecule has 1 aliphatic heterocycles. The van der Waals surface area contributed by atoms with Crippen LogP contribution >= 0.6 is 0 Å².